The largest absolute Gasteiger partial charge is 0.381 e. The van der Waals surface area contributed by atoms with Gasteiger partial charge in [0.2, 0.25) is 0 Å². The molecule has 0 aliphatic rings. The van der Waals surface area contributed by atoms with E-state index in [1.165, 1.54) is 0 Å². The van der Waals surface area contributed by atoms with Gasteiger partial charge in [-0.3, -0.25) is 0 Å². The molecule has 1 unspecified atom stereocenters. The van der Waals surface area contributed by atoms with E-state index in [2.05, 4.69) is 25.2 Å². The van der Waals surface area contributed by atoms with Gasteiger partial charge in [-0.2, -0.15) is 5.26 Å². The van der Waals surface area contributed by atoms with Crippen LogP contribution in [0.3, 0.4) is 0 Å². The smallest absolute Gasteiger partial charge is 0.0991 e. The van der Waals surface area contributed by atoms with Crippen LogP contribution in [0.5, 0.6) is 0 Å². The van der Waals surface area contributed by atoms with Gasteiger partial charge >= 0.3 is 0 Å². The van der Waals surface area contributed by atoms with E-state index in [4.69, 9.17) is 11.0 Å². The Hall–Kier alpha value is -1.53. The van der Waals surface area contributed by atoms with E-state index in [1.807, 2.05) is 24.3 Å². The van der Waals surface area contributed by atoms with Crippen molar-refractivity contribution in [2.24, 2.45) is 11.7 Å². The fourth-order valence-corrected chi connectivity index (χ4v) is 1.66. The summed E-state index contributed by atoms with van der Waals surface area (Å²) >= 11 is 0. The Labute approximate surface area is 97.3 Å². The quantitative estimate of drug-likeness (QED) is 0.795. The summed E-state index contributed by atoms with van der Waals surface area (Å²) in [5, 5.41) is 12.1. The second-order valence-corrected chi connectivity index (χ2v) is 4.40. The third-order valence-electron chi connectivity index (χ3n) is 2.43. The summed E-state index contributed by atoms with van der Waals surface area (Å²) in [4.78, 5) is 0. The molecule has 3 nitrogen and oxygen atoms in total. The number of benzene rings is 1. The first-order chi connectivity index (χ1) is 7.65. The SMILES string of the molecule is CC(C)CC(CN)Nc1ccc(C#N)cc1. The van der Waals surface area contributed by atoms with Crippen LogP contribution in [0, 0.1) is 17.2 Å². The molecule has 16 heavy (non-hydrogen) atoms. The van der Waals surface area contributed by atoms with Crippen molar-refractivity contribution in [2.75, 3.05) is 11.9 Å². The van der Waals surface area contributed by atoms with Crippen LogP contribution in [0.2, 0.25) is 0 Å². The minimum Gasteiger partial charge on any atom is -0.381 e. The van der Waals surface area contributed by atoms with Crippen molar-refractivity contribution in [1.29, 1.82) is 5.26 Å². The number of rotatable bonds is 5. The van der Waals surface area contributed by atoms with E-state index in [-0.39, 0.29) is 0 Å². The first-order valence-electron chi connectivity index (χ1n) is 5.62. The van der Waals surface area contributed by atoms with Crippen LogP contribution in [0.25, 0.3) is 0 Å². The molecule has 0 amide bonds. The fourth-order valence-electron chi connectivity index (χ4n) is 1.66. The average Bonchev–Trinajstić information content (AvgIpc) is 2.28. The lowest BCUT2D eigenvalue weighted by molar-refractivity contribution is 0.522. The zero-order valence-corrected chi connectivity index (χ0v) is 9.90. The summed E-state index contributed by atoms with van der Waals surface area (Å²) in [6.45, 7) is 4.99. The minimum absolute atomic E-state index is 0.299. The normalized spacial score (nSPS) is 12.2. The maximum atomic E-state index is 8.69. The minimum atomic E-state index is 0.299. The number of nitrogens with two attached hydrogens (primary N) is 1. The number of hydrogen-bond acceptors (Lipinski definition) is 3. The Morgan fingerprint density at radius 3 is 2.38 bits per heavy atom. The highest BCUT2D eigenvalue weighted by Gasteiger charge is 2.08. The number of nitrogens with zero attached hydrogens (tertiary/aromatic N) is 1. The molecule has 1 rings (SSSR count). The maximum absolute atomic E-state index is 8.69. The molecule has 3 heteroatoms. The third kappa shape index (κ3) is 3.92. The highest BCUT2D eigenvalue weighted by Crippen LogP contribution is 2.13. The number of anilines is 1. The second-order valence-electron chi connectivity index (χ2n) is 4.40. The molecule has 0 aromatic heterocycles. The standard InChI is InChI=1S/C13H19N3/c1-10(2)7-13(9-15)16-12-5-3-11(8-14)4-6-12/h3-6,10,13,16H,7,9,15H2,1-2H3. The summed E-state index contributed by atoms with van der Waals surface area (Å²) < 4.78 is 0. The van der Waals surface area contributed by atoms with Gasteiger partial charge in [0.25, 0.3) is 0 Å². The summed E-state index contributed by atoms with van der Waals surface area (Å²) in [7, 11) is 0. The molecule has 1 aromatic rings. The van der Waals surface area contributed by atoms with Gasteiger partial charge in [-0.05, 0) is 36.6 Å². The van der Waals surface area contributed by atoms with Crippen LogP contribution in [-0.2, 0) is 0 Å². The monoisotopic (exact) mass is 217 g/mol. The van der Waals surface area contributed by atoms with Crippen molar-refractivity contribution >= 4 is 5.69 Å². The predicted octanol–water partition coefficient (Wildman–Crippen LogP) is 2.34. The van der Waals surface area contributed by atoms with Gasteiger partial charge in [0.05, 0.1) is 11.6 Å². The van der Waals surface area contributed by atoms with E-state index < -0.39 is 0 Å². The highest BCUT2D eigenvalue weighted by atomic mass is 14.9. The number of hydrogen-bond donors (Lipinski definition) is 2. The van der Waals surface area contributed by atoms with Gasteiger partial charge in [-0.15, -0.1) is 0 Å². The Kier molecular flexibility index (Phi) is 4.81. The van der Waals surface area contributed by atoms with Crippen LogP contribution in [0.1, 0.15) is 25.8 Å². The van der Waals surface area contributed by atoms with Gasteiger partial charge in [-0.25, -0.2) is 0 Å². The summed E-state index contributed by atoms with van der Waals surface area (Å²) in [5.41, 5.74) is 7.41. The molecule has 0 bridgehead atoms. The van der Waals surface area contributed by atoms with E-state index in [0.717, 1.165) is 12.1 Å². The Bertz CT molecular complexity index is 348. The zero-order valence-electron chi connectivity index (χ0n) is 9.90. The van der Waals surface area contributed by atoms with Crippen molar-refractivity contribution in [1.82, 2.24) is 0 Å². The van der Waals surface area contributed by atoms with Crippen molar-refractivity contribution in [3.63, 3.8) is 0 Å². The van der Waals surface area contributed by atoms with Crippen molar-refractivity contribution in [2.45, 2.75) is 26.3 Å². The van der Waals surface area contributed by atoms with Crippen LogP contribution in [0.15, 0.2) is 24.3 Å². The van der Waals surface area contributed by atoms with Gasteiger partial charge < -0.3 is 11.1 Å². The molecule has 0 saturated heterocycles. The molecular formula is C13H19N3. The van der Waals surface area contributed by atoms with Gasteiger partial charge in [0.1, 0.15) is 0 Å². The van der Waals surface area contributed by atoms with Gasteiger partial charge in [0, 0.05) is 18.3 Å². The highest BCUT2D eigenvalue weighted by molar-refractivity contribution is 5.47. The lowest BCUT2D eigenvalue weighted by atomic mass is 10.0. The molecule has 1 atom stereocenters. The molecule has 3 N–H and O–H groups in total. The van der Waals surface area contributed by atoms with E-state index in [0.29, 0.717) is 24.1 Å². The Morgan fingerprint density at radius 1 is 1.31 bits per heavy atom. The molecule has 0 fully saturated rings. The van der Waals surface area contributed by atoms with Gasteiger partial charge in [-0.1, -0.05) is 13.8 Å². The molecule has 86 valence electrons. The average molecular weight is 217 g/mol. The lowest BCUT2D eigenvalue weighted by Gasteiger charge is -2.20. The van der Waals surface area contributed by atoms with E-state index in [1.54, 1.807) is 0 Å². The van der Waals surface area contributed by atoms with Crippen LogP contribution < -0.4 is 11.1 Å². The first-order valence-corrected chi connectivity index (χ1v) is 5.62. The number of nitrogens with one attached hydrogen (secondary N) is 1. The molecule has 0 saturated carbocycles. The summed E-state index contributed by atoms with van der Waals surface area (Å²) in [5.74, 6) is 0.624. The van der Waals surface area contributed by atoms with E-state index in [9.17, 15) is 0 Å². The lowest BCUT2D eigenvalue weighted by Crippen LogP contribution is -2.30. The fraction of sp³-hybridized carbons (Fsp3) is 0.462. The second kappa shape index (κ2) is 6.14. The topological polar surface area (TPSA) is 61.8 Å². The molecule has 0 heterocycles. The van der Waals surface area contributed by atoms with Crippen molar-refractivity contribution < 1.29 is 0 Å². The van der Waals surface area contributed by atoms with Gasteiger partial charge in [0.15, 0.2) is 0 Å². The summed E-state index contributed by atoms with van der Waals surface area (Å²) in [6, 6.07) is 9.86. The van der Waals surface area contributed by atoms with Crippen molar-refractivity contribution in [3.05, 3.63) is 29.8 Å². The Morgan fingerprint density at radius 2 is 1.94 bits per heavy atom. The summed E-state index contributed by atoms with van der Waals surface area (Å²) in [6.07, 6.45) is 1.05. The molecule has 0 aliphatic carbocycles. The molecule has 0 radical (unpaired) electrons. The molecular weight excluding hydrogens is 198 g/mol. The molecule has 1 aromatic carbocycles. The van der Waals surface area contributed by atoms with E-state index >= 15 is 0 Å². The number of nitriles is 1. The van der Waals surface area contributed by atoms with Crippen molar-refractivity contribution in [3.8, 4) is 6.07 Å². The zero-order chi connectivity index (χ0) is 12.0. The third-order valence-corrected chi connectivity index (χ3v) is 2.43. The predicted molar refractivity (Wildman–Crippen MR) is 67.1 cm³/mol. The molecule has 0 spiro atoms. The van der Waals surface area contributed by atoms with Crippen LogP contribution in [0.4, 0.5) is 5.69 Å². The molecule has 0 aliphatic heterocycles. The van der Waals surface area contributed by atoms with Crippen LogP contribution in [-0.4, -0.2) is 12.6 Å². The maximum Gasteiger partial charge on any atom is 0.0991 e. The van der Waals surface area contributed by atoms with Crippen LogP contribution >= 0.6 is 0 Å². The Balaban J connectivity index is 2.60. The first kappa shape index (κ1) is 12.5.